The van der Waals surface area contributed by atoms with Crippen molar-refractivity contribution >= 4 is 70.9 Å². The lowest BCUT2D eigenvalue weighted by molar-refractivity contribution is -0.385. The Morgan fingerprint density at radius 2 is 0.783 bits per heavy atom. The molecule has 0 saturated carbocycles. The second kappa shape index (κ2) is 37.8. The normalized spacial score (nSPS) is 11.3. The molecule has 5 aromatic rings. The minimum Gasteiger partial charge on any atom is -0.467 e. The third kappa shape index (κ3) is 25.6. The lowest BCUT2D eigenvalue weighted by atomic mass is 10.1. The number of methoxy groups -OCH3 is 2. The average Bonchev–Trinajstić information content (AvgIpc) is 1.33. The fraction of sp³-hybridized carbons (Fsp3) is 0.355. The summed E-state index contributed by atoms with van der Waals surface area (Å²) in [5, 5.41) is 37.4. The predicted molar refractivity (Wildman–Crippen MR) is 323 cm³/mol. The first kappa shape index (κ1) is 71.8. The van der Waals surface area contributed by atoms with Crippen molar-refractivity contribution in [2.45, 2.75) is 76.7 Å². The Morgan fingerprint density at radius 3 is 1.11 bits per heavy atom. The molecule has 6 N–H and O–H groups in total. The molecule has 0 unspecified atom stereocenters. The maximum absolute atomic E-state index is 14.4. The smallest absolute Gasteiger partial charge is 0.408 e. The van der Waals surface area contributed by atoms with Gasteiger partial charge < -0.3 is 60.6 Å². The van der Waals surface area contributed by atoms with E-state index in [0.29, 0.717) is 22.3 Å². The van der Waals surface area contributed by atoms with E-state index < -0.39 is 119 Å². The molecule has 30 heteroatoms. The monoisotopic (exact) mass is 1280 g/mol. The van der Waals surface area contributed by atoms with Crippen LogP contribution in [0.3, 0.4) is 0 Å². The molecule has 2 atom stereocenters. The molecule has 0 radical (unpaired) electrons. The largest absolute Gasteiger partial charge is 0.467 e. The van der Waals surface area contributed by atoms with Crippen LogP contribution in [0.15, 0.2) is 121 Å². The maximum Gasteiger partial charge on any atom is 0.408 e. The molecule has 0 aliphatic heterocycles. The summed E-state index contributed by atoms with van der Waals surface area (Å²) in [5.41, 5.74) is 1.60. The number of nitro groups is 2. The summed E-state index contributed by atoms with van der Waals surface area (Å²) in [6, 6.07) is 24.5. The SMILES string of the molecule is COC(=O)[C@H](CCCCNC(=O)CN(CC(=O)NCCc1ccc(F)cc1)C(=O)c1cccc(C(=O)N(CC(=O)NCCCC[C@H](NC(=O)OCc2ccc([N+](=O)[O-])cc2)C(=O)OC)CC(=O)NCCc2ccc(F)cc2)c1)NC(=O)OCc1ccc([N+](=O)[O-])cc1. The zero-order valence-electron chi connectivity index (χ0n) is 50.3. The van der Waals surface area contributed by atoms with Crippen molar-refractivity contribution in [1.29, 1.82) is 0 Å². The van der Waals surface area contributed by atoms with Gasteiger partial charge in [0.15, 0.2) is 0 Å². The summed E-state index contributed by atoms with van der Waals surface area (Å²) in [6.07, 6.45) is -0.318. The Balaban J connectivity index is 1.22. The highest BCUT2D eigenvalue weighted by Gasteiger charge is 2.28. The van der Waals surface area contributed by atoms with Gasteiger partial charge in [-0.25, -0.2) is 28.0 Å². The summed E-state index contributed by atoms with van der Waals surface area (Å²) in [6.45, 7) is -3.09. The molecule has 5 aromatic carbocycles. The average molecular weight is 1280 g/mol. The fourth-order valence-electron chi connectivity index (χ4n) is 8.74. The number of non-ortho nitro benzene ring substituents is 2. The van der Waals surface area contributed by atoms with Crippen molar-refractivity contribution in [3.8, 4) is 0 Å². The number of benzene rings is 5. The molecular formula is C62H70F2N10O18. The fourth-order valence-corrected chi connectivity index (χ4v) is 8.74. The number of alkyl carbamates (subject to hydrolysis) is 2. The number of nitro benzene ring substituents is 2. The number of carbonyl (C=O) groups is 10. The number of hydrogen-bond donors (Lipinski definition) is 6. The summed E-state index contributed by atoms with van der Waals surface area (Å²) in [4.78, 5) is 156. The number of ether oxygens (including phenoxy) is 4. The minimum atomic E-state index is -1.16. The Bertz CT molecular complexity index is 3140. The highest BCUT2D eigenvalue weighted by molar-refractivity contribution is 6.03. The summed E-state index contributed by atoms with van der Waals surface area (Å²) >= 11 is 0. The summed E-state index contributed by atoms with van der Waals surface area (Å²) in [7, 11) is 2.24. The van der Waals surface area contributed by atoms with E-state index >= 15 is 0 Å². The Morgan fingerprint density at radius 1 is 0.457 bits per heavy atom. The molecule has 8 amide bonds. The number of carbonyl (C=O) groups excluding carboxylic acids is 10. The van der Waals surface area contributed by atoms with Crippen molar-refractivity contribution < 1.29 is 85.5 Å². The van der Waals surface area contributed by atoms with Crippen molar-refractivity contribution in [3.63, 3.8) is 0 Å². The first-order chi connectivity index (χ1) is 44.1. The van der Waals surface area contributed by atoms with Crippen LogP contribution in [-0.4, -0.2) is 158 Å². The lowest BCUT2D eigenvalue weighted by Crippen LogP contribution is -2.47. The molecule has 490 valence electrons. The van der Waals surface area contributed by atoms with Crippen LogP contribution < -0.4 is 31.9 Å². The molecule has 0 aliphatic rings. The van der Waals surface area contributed by atoms with Gasteiger partial charge in [0.25, 0.3) is 23.2 Å². The van der Waals surface area contributed by atoms with E-state index in [-0.39, 0.29) is 113 Å². The molecular weight excluding hydrogens is 1210 g/mol. The zero-order valence-corrected chi connectivity index (χ0v) is 50.3. The number of rotatable bonds is 36. The second-order valence-electron chi connectivity index (χ2n) is 20.5. The van der Waals surface area contributed by atoms with E-state index in [1.54, 1.807) is 0 Å². The second-order valence-corrected chi connectivity index (χ2v) is 20.5. The third-order valence-corrected chi connectivity index (χ3v) is 13.6. The van der Waals surface area contributed by atoms with Gasteiger partial charge >= 0.3 is 24.1 Å². The topological polar surface area (TPSA) is 373 Å². The van der Waals surface area contributed by atoms with Crippen LogP contribution in [0.2, 0.25) is 0 Å². The van der Waals surface area contributed by atoms with E-state index in [2.05, 4.69) is 31.9 Å². The van der Waals surface area contributed by atoms with Gasteiger partial charge in [0, 0.05) is 61.6 Å². The highest BCUT2D eigenvalue weighted by Crippen LogP contribution is 2.17. The molecule has 92 heavy (non-hydrogen) atoms. The van der Waals surface area contributed by atoms with Crippen molar-refractivity contribution in [3.05, 3.63) is 187 Å². The number of halogens is 2. The van der Waals surface area contributed by atoms with Crippen LogP contribution >= 0.6 is 0 Å². The molecule has 0 fully saturated rings. The molecule has 0 aliphatic carbocycles. The Kier molecular flexibility index (Phi) is 29.5. The first-order valence-corrected chi connectivity index (χ1v) is 28.8. The molecule has 0 bridgehead atoms. The van der Waals surface area contributed by atoms with Crippen LogP contribution in [0.1, 0.15) is 81.5 Å². The molecule has 0 spiro atoms. The van der Waals surface area contributed by atoms with Gasteiger partial charge in [0.2, 0.25) is 23.6 Å². The third-order valence-electron chi connectivity index (χ3n) is 13.6. The van der Waals surface area contributed by atoms with Gasteiger partial charge in [-0.1, -0.05) is 30.3 Å². The number of nitrogens with one attached hydrogen (secondary N) is 6. The highest BCUT2D eigenvalue weighted by atomic mass is 19.1. The zero-order chi connectivity index (χ0) is 67.0. The van der Waals surface area contributed by atoms with Gasteiger partial charge in [-0.05, 0) is 140 Å². The van der Waals surface area contributed by atoms with Gasteiger partial charge in [-0.15, -0.1) is 0 Å². The van der Waals surface area contributed by atoms with Crippen LogP contribution in [0, 0.1) is 31.9 Å². The van der Waals surface area contributed by atoms with Gasteiger partial charge in [-0.3, -0.25) is 49.0 Å². The Hall–Kier alpha value is -10.9. The van der Waals surface area contributed by atoms with Crippen LogP contribution in [0.5, 0.6) is 0 Å². The van der Waals surface area contributed by atoms with Crippen LogP contribution in [0.4, 0.5) is 29.7 Å². The number of hydrogen-bond acceptors (Lipinski definition) is 18. The quantitative estimate of drug-likeness (QED) is 0.0102. The van der Waals surface area contributed by atoms with Gasteiger partial charge in [-0.2, -0.15) is 0 Å². The lowest BCUT2D eigenvalue weighted by Gasteiger charge is -2.24. The molecule has 0 heterocycles. The number of amides is 8. The van der Waals surface area contributed by atoms with E-state index in [1.165, 1.54) is 115 Å². The first-order valence-electron chi connectivity index (χ1n) is 28.8. The van der Waals surface area contributed by atoms with E-state index in [1.807, 2.05) is 0 Å². The standard InChI is InChI=1S/C62H70F2N10O18/c1-89-59(81)51(69-61(83)91-39-43-16-24-49(25-17-43)73(85)86)10-3-5-30-65-53(75)35-71(37-55(77)67-32-28-41-12-20-47(63)21-13-41)57(79)45-8-7-9-46(34-45)58(80)72(38-56(78)68-33-29-42-14-22-48(64)23-15-42)36-54(76)66-31-6-4-11-52(60(82)90-2)70-62(84)92-40-44-18-26-50(27-19-44)74(87)88/h7-9,12-27,34,51-52H,3-6,10-11,28-33,35-40H2,1-2H3,(H,65,75)(H,66,76)(H,67,77)(H,68,78)(H,69,83)(H,70,84)/t51-,52-/m0/s1. The number of esters is 2. The van der Waals surface area contributed by atoms with Crippen LogP contribution in [-0.2, 0) is 73.8 Å². The number of nitrogens with zero attached hydrogens (tertiary/aromatic N) is 4. The Labute approximate surface area is 526 Å². The van der Waals surface area contributed by atoms with Crippen molar-refractivity contribution in [2.75, 3.05) is 66.6 Å². The van der Waals surface area contributed by atoms with Gasteiger partial charge in [0.1, 0.15) is 63.1 Å². The predicted octanol–water partition coefficient (Wildman–Crippen LogP) is 4.89. The summed E-state index contributed by atoms with van der Waals surface area (Å²) < 4.78 is 47.1. The molecule has 0 aromatic heterocycles. The molecule has 28 nitrogen and oxygen atoms in total. The van der Waals surface area contributed by atoms with Crippen molar-refractivity contribution in [2.24, 2.45) is 0 Å². The summed E-state index contributed by atoms with van der Waals surface area (Å²) in [5.74, 6) is -7.07. The number of unbranched alkanes of at least 4 members (excludes halogenated alkanes) is 2. The van der Waals surface area contributed by atoms with E-state index in [4.69, 9.17) is 18.9 Å². The van der Waals surface area contributed by atoms with Gasteiger partial charge in [0.05, 0.1) is 24.1 Å². The van der Waals surface area contributed by atoms with E-state index in [0.717, 1.165) is 30.1 Å². The van der Waals surface area contributed by atoms with Crippen molar-refractivity contribution in [1.82, 2.24) is 41.7 Å². The maximum atomic E-state index is 14.4. The molecule has 0 saturated heterocycles. The van der Waals surface area contributed by atoms with Crippen LogP contribution in [0.25, 0.3) is 0 Å². The van der Waals surface area contributed by atoms with E-state index in [9.17, 15) is 77.0 Å². The minimum absolute atomic E-state index is 0.00167. The molecule has 5 rings (SSSR count).